The van der Waals surface area contributed by atoms with Gasteiger partial charge in [-0.1, -0.05) is 15.9 Å². The highest BCUT2D eigenvalue weighted by Crippen LogP contribution is 2.33. The molecule has 2 aromatic rings. The van der Waals surface area contributed by atoms with Crippen LogP contribution in [0.1, 0.15) is 5.56 Å². The van der Waals surface area contributed by atoms with E-state index in [0.717, 1.165) is 14.8 Å². The highest BCUT2D eigenvalue weighted by atomic mass is 79.9. The number of ether oxygens (including phenoxy) is 1. The molecule has 1 saturated heterocycles. The smallest absolute Gasteiger partial charge is 0.243 e. The molecular formula is C19H18BrFN2O5S. The number of aryl methyl sites for hydroxylation is 1. The maximum Gasteiger partial charge on any atom is 0.243 e. The van der Waals surface area contributed by atoms with Gasteiger partial charge in [0, 0.05) is 17.1 Å². The minimum Gasteiger partial charge on any atom is -0.486 e. The number of rotatable bonds is 5. The zero-order chi connectivity index (χ0) is 21.4. The number of hydrogen-bond donors (Lipinski definition) is 2. The van der Waals surface area contributed by atoms with E-state index in [2.05, 4.69) is 20.8 Å². The lowest BCUT2D eigenvalue weighted by molar-refractivity contribution is -0.0641. The molecule has 0 unspecified atom stereocenters. The highest BCUT2D eigenvalue weighted by Gasteiger charge is 2.51. The summed E-state index contributed by atoms with van der Waals surface area (Å²) in [5, 5.41) is 20.4. The van der Waals surface area contributed by atoms with Crippen LogP contribution in [0, 0.1) is 19.3 Å². The zero-order valence-electron chi connectivity index (χ0n) is 15.3. The van der Waals surface area contributed by atoms with Crippen molar-refractivity contribution in [3.63, 3.8) is 0 Å². The number of benzene rings is 2. The summed E-state index contributed by atoms with van der Waals surface area (Å²) in [6.45, 7) is 7.17. The lowest BCUT2D eigenvalue weighted by atomic mass is 10.0. The summed E-state index contributed by atoms with van der Waals surface area (Å²) < 4.78 is 47.4. The van der Waals surface area contributed by atoms with Crippen LogP contribution in [0.25, 0.3) is 4.85 Å². The molecule has 0 radical (unpaired) electrons. The Morgan fingerprint density at radius 3 is 2.69 bits per heavy atom. The molecule has 7 nitrogen and oxygen atoms in total. The van der Waals surface area contributed by atoms with Crippen LogP contribution in [0.4, 0.5) is 10.1 Å². The minimum absolute atomic E-state index is 0.0193. The van der Waals surface area contributed by atoms with Crippen molar-refractivity contribution in [2.45, 2.75) is 23.5 Å². The average Bonchev–Trinajstić information content (AvgIpc) is 2.99. The molecule has 0 spiro atoms. The van der Waals surface area contributed by atoms with Gasteiger partial charge < -0.3 is 14.9 Å². The highest BCUT2D eigenvalue weighted by molar-refractivity contribution is 9.10. The van der Waals surface area contributed by atoms with Gasteiger partial charge in [-0.3, -0.25) is 0 Å². The number of hydrogen-bond acceptors (Lipinski definition) is 5. The molecule has 0 aliphatic carbocycles. The summed E-state index contributed by atoms with van der Waals surface area (Å²) in [6, 6.07) is 8.29. The van der Waals surface area contributed by atoms with Crippen molar-refractivity contribution in [2.24, 2.45) is 0 Å². The van der Waals surface area contributed by atoms with Gasteiger partial charge in [-0.15, -0.1) is 0 Å². The van der Waals surface area contributed by atoms with Gasteiger partial charge in [0.15, 0.2) is 0 Å². The largest absolute Gasteiger partial charge is 0.486 e. The first-order chi connectivity index (χ1) is 13.6. The Balaban J connectivity index is 1.89. The van der Waals surface area contributed by atoms with Gasteiger partial charge in [0.25, 0.3) is 0 Å². The van der Waals surface area contributed by atoms with E-state index in [1.54, 1.807) is 19.1 Å². The van der Waals surface area contributed by atoms with E-state index in [1.165, 1.54) is 18.2 Å². The fourth-order valence-corrected chi connectivity index (χ4v) is 5.35. The molecule has 0 amide bonds. The van der Waals surface area contributed by atoms with Crippen molar-refractivity contribution < 1.29 is 27.8 Å². The lowest BCUT2D eigenvalue weighted by Crippen LogP contribution is -2.48. The molecule has 0 saturated carbocycles. The summed E-state index contributed by atoms with van der Waals surface area (Å²) in [4.78, 5) is 3.10. The summed E-state index contributed by atoms with van der Waals surface area (Å²) >= 11 is 3.29. The fourth-order valence-electron chi connectivity index (χ4n) is 3.17. The fraction of sp³-hybridized carbons (Fsp3) is 0.316. The van der Waals surface area contributed by atoms with Crippen molar-refractivity contribution in [2.75, 3.05) is 19.7 Å². The SMILES string of the molecule is [C-]#[N+]c1ccc(O[C@H]2CN(S(=O)(=O)c3ccc(Br)cc3C)C[C@@]2(O)CO)cc1F. The third kappa shape index (κ3) is 4.15. The Bertz CT molecular complexity index is 1090. The van der Waals surface area contributed by atoms with E-state index in [1.807, 2.05) is 0 Å². The summed E-state index contributed by atoms with van der Waals surface area (Å²) in [7, 11) is -3.96. The molecule has 2 aromatic carbocycles. The molecule has 154 valence electrons. The number of halogens is 2. The summed E-state index contributed by atoms with van der Waals surface area (Å²) in [5.41, 5.74) is -1.53. The molecule has 1 heterocycles. The first kappa shape index (κ1) is 21.7. The second kappa shape index (κ2) is 8.01. The Kier molecular flexibility index (Phi) is 5.98. The van der Waals surface area contributed by atoms with Gasteiger partial charge in [0.05, 0.1) is 24.6 Å². The standard InChI is InChI=1S/C19H18BrFN2O5S/c1-12-7-13(20)3-6-17(12)29(26,27)23-9-18(19(25,10-23)11-24)28-14-4-5-16(22-2)15(21)8-14/h3-8,18,24-25H,9-11H2,1H3/t18-,19+/m0/s1. The number of aliphatic hydroxyl groups is 2. The minimum atomic E-state index is -3.96. The lowest BCUT2D eigenvalue weighted by Gasteiger charge is -2.27. The molecule has 2 N–H and O–H groups in total. The molecule has 1 aliphatic rings. The molecule has 0 bridgehead atoms. The predicted molar refractivity (Wildman–Crippen MR) is 107 cm³/mol. The number of nitrogens with zero attached hydrogens (tertiary/aromatic N) is 2. The van der Waals surface area contributed by atoms with Crippen LogP contribution in [-0.4, -0.2) is 54.3 Å². The molecule has 0 aromatic heterocycles. The van der Waals surface area contributed by atoms with Crippen molar-refractivity contribution in [1.29, 1.82) is 0 Å². The molecule has 10 heteroatoms. The normalized spacial score (nSPS) is 22.4. The van der Waals surface area contributed by atoms with Crippen molar-refractivity contribution in [3.05, 3.63) is 63.7 Å². The van der Waals surface area contributed by atoms with Crippen LogP contribution in [0.3, 0.4) is 0 Å². The van der Waals surface area contributed by atoms with Gasteiger partial charge in [-0.2, -0.15) is 4.31 Å². The quantitative estimate of drug-likeness (QED) is 0.636. The van der Waals surface area contributed by atoms with Crippen LogP contribution in [0.2, 0.25) is 0 Å². The van der Waals surface area contributed by atoms with E-state index < -0.39 is 34.2 Å². The number of sulfonamides is 1. The monoisotopic (exact) mass is 484 g/mol. The van der Waals surface area contributed by atoms with Crippen molar-refractivity contribution in [3.8, 4) is 5.75 Å². The molecule has 1 aliphatic heterocycles. The maximum absolute atomic E-state index is 13.8. The Morgan fingerprint density at radius 1 is 1.38 bits per heavy atom. The predicted octanol–water partition coefficient (Wildman–Crippen LogP) is 2.62. The Hall–Kier alpha value is -2.03. The third-order valence-corrected chi connectivity index (χ3v) is 7.23. The molecule has 1 fully saturated rings. The first-order valence-electron chi connectivity index (χ1n) is 8.54. The van der Waals surface area contributed by atoms with E-state index in [-0.39, 0.29) is 29.4 Å². The third-order valence-electron chi connectivity index (χ3n) is 4.77. The van der Waals surface area contributed by atoms with Crippen LogP contribution in [0.15, 0.2) is 45.8 Å². The Morgan fingerprint density at radius 2 is 2.10 bits per heavy atom. The number of β-amino-alcohol motifs (C(OH)–C–C–N with tert-alkyl or cyclic N) is 1. The molecule has 29 heavy (non-hydrogen) atoms. The molecule has 2 atom stereocenters. The van der Waals surface area contributed by atoms with Gasteiger partial charge in [-0.05, 0) is 42.8 Å². The van der Waals surface area contributed by atoms with E-state index >= 15 is 0 Å². The average molecular weight is 485 g/mol. The summed E-state index contributed by atoms with van der Waals surface area (Å²) in [6.07, 6.45) is -1.13. The van der Waals surface area contributed by atoms with Gasteiger partial charge in [0.1, 0.15) is 23.3 Å². The van der Waals surface area contributed by atoms with Crippen LogP contribution >= 0.6 is 15.9 Å². The zero-order valence-corrected chi connectivity index (χ0v) is 17.7. The number of aliphatic hydroxyl groups excluding tert-OH is 1. The van der Waals surface area contributed by atoms with Gasteiger partial charge in [0.2, 0.25) is 15.7 Å². The van der Waals surface area contributed by atoms with E-state index in [4.69, 9.17) is 11.3 Å². The molecule has 3 rings (SSSR count). The van der Waals surface area contributed by atoms with Crippen LogP contribution in [-0.2, 0) is 10.0 Å². The second-order valence-electron chi connectivity index (χ2n) is 6.80. The topological polar surface area (TPSA) is 91.4 Å². The van der Waals surface area contributed by atoms with Gasteiger partial charge in [-0.25, -0.2) is 17.7 Å². The van der Waals surface area contributed by atoms with E-state index in [9.17, 15) is 23.0 Å². The van der Waals surface area contributed by atoms with Crippen LogP contribution < -0.4 is 4.74 Å². The van der Waals surface area contributed by atoms with Crippen molar-refractivity contribution >= 4 is 31.6 Å². The maximum atomic E-state index is 13.8. The Labute approximate surface area is 176 Å². The van der Waals surface area contributed by atoms with E-state index in [0.29, 0.717) is 5.56 Å². The van der Waals surface area contributed by atoms with Crippen LogP contribution in [0.5, 0.6) is 5.75 Å². The summed E-state index contributed by atoms with van der Waals surface area (Å²) in [5.74, 6) is -0.774. The first-order valence-corrected chi connectivity index (χ1v) is 10.8. The molecular weight excluding hydrogens is 467 g/mol. The van der Waals surface area contributed by atoms with Gasteiger partial charge >= 0.3 is 0 Å². The second-order valence-corrected chi connectivity index (χ2v) is 9.62. The van der Waals surface area contributed by atoms with Crippen molar-refractivity contribution in [1.82, 2.24) is 4.31 Å².